The van der Waals surface area contributed by atoms with Crippen LogP contribution in [0.5, 0.6) is 11.5 Å². The number of benzene rings is 1. The molecule has 0 saturated carbocycles. The van der Waals surface area contributed by atoms with Crippen molar-refractivity contribution in [1.29, 1.82) is 0 Å². The fourth-order valence-electron chi connectivity index (χ4n) is 3.76. The quantitative estimate of drug-likeness (QED) is 0.816. The third kappa shape index (κ3) is 4.03. The standard InChI is InChI=1S/C20H25N5O4/c1-3-24(20(27)14-4-7-18-23-22-13(2)25(18)11-14)12-19(26)21-15-5-6-16-17(10-15)29-9-8-28-16/h5-6,10,14H,3-4,7-9,11-12H2,1-2H3,(H,21,26)/t14-/m1/s1. The Morgan fingerprint density at radius 2 is 2.03 bits per heavy atom. The highest BCUT2D eigenvalue weighted by Gasteiger charge is 2.30. The number of anilines is 1. The molecule has 0 fully saturated rings. The van der Waals surface area contributed by atoms with Crippen LogP contribution >= 0.6 is 0 Å². The van der Waals surface area contributed by atoms with Crippen LogP contribution in [0.3, 0.4) is 0 Å². The molecule has 9 nitrogen and oxygen atoms in total. The Hall–Kier alpha value is -3.10. The van der Waals surface area contributed by atoms with Gasteiger partial charge >= 0.3 is 0 Å². The number of carbonyl (C=O) groups excluding carboxylic acids is 2. The Morgan fingerprint density at radius 1 is 1.24 bits per heavy atom. The molecule has 1 N–H and O–H groups in total. The third-order valence-corrected chi connectivity index (χ3v) is 5.33. The summed E-state index contributed by atoms with van der Waals surface area (Å²) in [4.78, 5) is 27.2. The minimum atomic E-state index is -0.242. The fraction of sp³-hybridized carbons (Fsp3) is 0.500. The van der Waals surface area contributed by atoms with E-state index in [9.17, 15) is 9.59 Å². The first-order valence-electron chi connectivity index (χ1n) is 9.92. The summed E-state index contributed by atoms with van der Waals surface area (Å²) in [5.41, 5.74) is 0.616. The van der Waals surface area contributed by atoms with Crippen molar-refractivity contribution in [2.75, 3.05) is 31.6 Å². The molecule has 154 valence electrons. The largest absolute Gasteiger partial charge is 0.486 e. The summed E-state index contributed by atoms with van der Waals surface area (Å²) in [5, 5.41) is 11.1. The first-order valence-corrected chi connectivity index (χ1v) is 9.92. The van der Waals surface area contributed by atoms with E-state index in [2.05, 4.69) is 15.5 Å². The van der Waals surface area contributed by atoms with Gasteiger partial charge in [0.1, 0.15) is 24.9 Å². The highest BCUT2D eigenvalue weighted by molar-refractivity contribution is 5.95. The molecule has 0 saturated heterocycles. The predicted molar refractivity (Wildman–Crippen MR) is 105 cm³/mol. The number of ether oxygens (including phenoxy) is 2. The van der Waals surface area contributed by atoms with Crippen LogP contribution in [-0.4, -0.2) is 57.8 Å². The summed E-state index contributed by atoms with van der Waals surface area (Å²) < 4.78 is 13.0. The van der Waals surface area contributed by atoms with E-state index >= 15 is 0 Å². The van der Waals surface area contributed by atoms with Gasteiger partial charge in [-0.1, -0.05) is 0 Å². The SMILES string of the molecule is CCN(CC(=O)Nc1ccc2c(c1)OCCO2)C(=O)[C@@H]1CCc2nnc(C)n2C1. The molecular weight excluding hydrogens is 374 g/mol. The Bertz CT molecular complexity index is 926. The van der Waals surface area contributed by atoms with E-state index < -0.39 is 0 Å². The lowest BCUT2D eigenvalue weighted by atomic mass is 9.97. The number of carbonyl (C=O) groups is 2. The normalized spacial score (nSPS) is 17.4. The fourth-order valence-corrected chi connectivity index (χ4v) is 3.76. The van der Waals surface area contributed by atoms with Crippen LogP contribution < -0.4 is 14.8 Å². The van der Waals surface area contributed by atoms with Crippen LogP contribution in [0.25, 0.3) is 0 Å². The van der Waals surface area contributed by atoms with Crippen LogP contribution in [0.15, 0.2) is 18.2 Å². The minimum absolute atomic E-state index is 0.00823. The molecule has 1 aromatic heterocycles. The van der Waals surface area contributed by atoms with Crippen LogP contribution in [0.1, 0.15) is 25.0 Å². The molecule has 1 aromatic carbocycles. The zero-order valence-electron chi connectivity index (χ0n) is 16.7. The van der Waals surface area contributed by atoms with E-state index in [0.717, 1.165) is 24.5 Å². The van der Waals surface area contributed by atoms with Gasteiger partial charge in [-0.2, -0.15) is 0 Å². The maximum atomic E-state index is 13.0. The molecule has 2 amide bonds. The summed E-state index contributed by atoms with van der Waals surface area (Å²) in [6.45, 7) is 5.82. The highest BCUT2D eigenvalue weighted by Crippen LogP contribution is 2.32. The van der Waals surface area contributed by atoms with E-state index in [1.54, 1.807) is 23.1 Å². The van der Waals surface area contributed by atoms with Gasteiger partial charge in [0, 0.05) is 31.3 Å². The minimum Gasteiger partial charge on any atom is -0.486 e. The van der Waals surface area contributed by atoms with E-state index in [4.69, 9.17) is 9.47 Å². The number of hydrogen-bond acceptors (Lipinski definition) is 6. The van der Waals surface area contributed by atoms with Crippen LogP contribution in [0.2, 0.25) is 0 Å². The average molecular weight is 399 g/mol. The predicted octanol–water partition coefficient (Wildman–Crippen LogP) is 1.41. The summed E-state index contributed by atoms with van der Waals surface area (Å²) in [7, 11) is 0. The third-order valence-electron chi connectivity index (χ3n) is 5.33. The molecule has 2 aliphatic rings. The zero-order valence-corrected chi connectivity index (χ0v) is 16.7. The number of nitrogens with zero attached hydrogens (tertiary/aromatic N) is 4. The average Bonchev–Trinajstić information content (AvgIpc) is 3.11. The molecular formula is C20H25N5O4. The smallest absolute Gasteiger partial charge is 0.243 e. The Balaban J connectivity index is 1.37. The van der Waals surface area contributed by atoms with E-state index in [0.29, 0.717) is 43.5 Å². The second-order valence-corrected chi connectivity index (χ2v) is 7.27. The van der Waals surface area contributed by atoms with Gasteiger partial charge in [0.05, 0.1) is 12.5 Å². The number of amides is 2. The summed E-state index contributed by atoms with van der Waals surface area (Å²) >= 11 is 0. The Labute approximate surface area is 169 Å². The van der Waals surface area contributed by atoms with Gasteiger partial charge in [-0.15, -0.1) is 10.2 Å². The molecule has 0 bridgehead atoms. The van der Waals surface area contributed by atoms with E-state index in [-0.39, 0.29) is 24.3 Å². The number of aromatic nitrogens is 3. The molecule has 2 aromatic rings. The van der Waals surface area contributed by atoms with Gasteiger partial charge in [0.15, 0.2) is 11.5 Å². The van der Waals surface area contributed by atoms with Crippen molar-refractivity contribution >= 4 is 17.5 Å². The van der Waals surface area contributed by atoms with Gasteiger partial charge in [-0.05, 0) is 32.4 Å². The number of aryl methyl sites for hydroxylation is 2. The van der Waals surface area contributed by atoms with Crippen LogP contribution in [0.4, 0.5) is 5.69 Å². The van der Waals surface area contributed by atoms with Gasteiger partial charge in [-0.25, -0.2) is 0 Å². The number of rotatable bonds is 5. The lowest BCUT2D eigenvalue weighted by Gasteiger charge is -2.29. The summed E-state index contributed by atoms with van der Waals surface area (Å²) in [6, 6.07) is 5.27. The molecule has 4 rings (SSSR count). The second kappa shape index (κ2) is 8.10. The molecule has 29 heavy (non-hydrogen) atoms. The van der Waals surface area contributed by atoms with Gasteiger partial charge in [0.25, 0.3) is 0 Å². The first kappa shape index (κ1) is 19.2. The monoisotopic (exact) mass is 399 g/mol. The molecule has 3 heterocycles. The van der Waals surface area contributed by atoms with Crippen LogP contribution in [0, 0.1) is 12.8 Å². The number of nitrogens with one attached hydrogen (secondary N) is 1. The van der Waals surface area contributed by atoms with Crippen molar-refractivity contribution in [2.24, 2.45) is 5.92 Å². The van der Waals surface area contributed by atoms with Crippen molar-refractivity contribution in [2.45, 2.75) is 33.2 Å². The lowest BCUT2D eigenvalue weighted by molar-refractivity contribution is -0.139. The second-order valence-electron chi connectivity index (χ2n) is 7.27. The maximum Gasteiger partial charge on any atom is 0.243 e. The van der Waals surface area contributed by atoms with Crippen molar-refractivity contribution < 1.29 is 19.1 Å². The van der Waals surface area contributed by atoms with E-state index in [1.807, 2.05) is 18.4 Å². The number of hydrogen-bond donors (Lipinski definition) is 1. The van der Waals surface area contributed by atoms with Crippen molar-refractivity contribution in [3.05, 3.63) is 29.8 Å². The Morgan fingerprint density at radius 3 is 2.83 bits per heavy atom. The summed E-state index contributed by atoms with van der Waals surface area (Å²) in [6.07, 6.45) is 1.44. The lowest BCUT2D eigenvalue weighted by Crippen LogP contribution is -2.43. The molecule has 0 aliphatic carbocycles. The van der Waals surface area contributed by atoms with Crippen LogP contribution in [-0.2, 0) is 22.6 Å². The van der Waals surface area contributed by atoms with Crippen molar-refractivity contribution in [3.63, 3.8) is 0 Å². The molecule has 2 aliphatic heterocycles. The van der Waals surface area contributed by atoms with Crippen molar-refractivity contribution in [3.8, 4) is 11.5 Å². The highest BCUT2D eigenvalue weighted by atomic mass is 16.6. The molecule has 0 unspecified atom stereocenters. The number of likely N-dealkylation sites (N-methyl/N-ethyl adjacent to an activating group) is 1. The Kier molecular flexibility index (Phi) is 5.37. The summed E-state index contributed by atoms with van der Waals surface area (Å²) in [5.74, 6) is 2.60. The molecule has 0 spiro atoms. The molecule has 9 heteroatoms. The van der Waals surface area contributed by atoms with E-state index in [1.165, 1.54) is 0 Å². The molecule has 0 radical (unpaired) electrons. The number of fused-ring (bicyclic) bond motifs is 2. The van der Waals surface area contributed by atoms with Gasteiger partial charge in [-0.3, -0.25) is 9.59 Å². The van der Waals surface area contributed by atoms with Gasteiger partial charge < -0.3 is 24.3 Å². The van der Waals surface area contributed by atoms with Gasteiger partial charge in [0.2, 0.25) is 11.8 Å². The zero-order chi connectivity index (χ0) is 20.4. The maximum absolute atomic E-state index is 13.0. The van der Waals surface area contributed by atoms with Crippen molar-refractivity contribution in [1.82, 2.24) is 19.7 Å². The first-order chi connectivity index (χ1) is 14.0. The molecule has 1 atom stereocenters. The topological polar surface area (TPSA) is 98.6 Å².